The normalized spacial score (nSPS) is 12.1. The fourth-order valence-electron chi connectivity index (χ4n) is 0.743. The minimum atomic E-state index is -1.20. The molecule has 0 aliphatic carbocycles. The molecule has 0 rings (SSSR count). The number of hydrogen-bond acceptors (Lipinski definition) is 4. The van der Waals surface area contributed by atoms with Gasteiger partial charge >= 0.3 is 11.9 Å². The molecule has 0 saturated heterocycles. The van der Waals surface area contributed by atoms with Gasteiger partial charge < -0.3 is 9.47 Å². The molecule has 0 aromatic heterocycles. The fourth-order valence-corrected chi connectivity index (χ4v) is 0.743. The first kappa shape index (κ1) is 12.9. The highest BCUT2D eigenvalue weighted by atomic mass is 16.7. The van der Waals surface area contributed by atoms with E-state index in [1.54, 1.807) is 20.8 Å². The van der Waals surface area contributed by atoms with Gasteiger partial charge in [-0.1, -0.05) is 0 Å². The minimum absolute atomic E-state index is 0.399. The second-order valence-electron chi connectivity index (χ2n) is 4.63. The van der Waals surface area contributed by atoms with Crippen molar-refractivity contribution in [3.63, 3.8) is 0 Å². The lowest BCUT2D eigenvalue weighted by Gasteiger charge is -2.28. The second kappa shape index (κ2) is 3.98. The zero-order valence-corrected chi connectivity index (χ0v) is 9.63. The Bertz CT molecular complexity index is 235. The second-order valence-corrected chi connectivity index (χ2v) is 4.63. The van der Waals surface area contributed by atoms with E-state index >= 15 is 0 Å². The Kier molecular flexibility index (Phi) is 3.68. The molecular formula is C10H18O4. The van der Waals surface area contributed by atoms with Crippen LogP contribution in [0.3, 0.4) is 0 Å². The van der Waals surface area contributed by atoms with Gasteiger partial charge in [-0.25, -0.2) is 0 Å². The molecule has 82 valence electrons. The van der Waals surface area contributed by atoms with E-state index in [4.69, 9.17) is 9.47 Å². The van der Waals surface area contributed by atoms with E-state index in [2.05, 4.69) is 0 Å². The molecular weight excluding hydrogens is 184 g/mol. The van der Waals surface area contributed by atoms with Crippen molar-refractivity contribution in [2.45, 2.75) is 47.3 Å². The third-order valence-electron chi connectivity index (χ3n) is 1.34. The van der Waals surface area contributed by atoms with Crippen LogP contribution in [-0.4, -0.2) is 17.7 Å². The highest BCUT2D eigenvalue weighted by molar-refractivity contribution is 5.76. The van der Waals surface area contributed by atoms with Gasteiger partial charge in [0.05, 0.1) is 5.41 Å². The molecule has 0 radical (unpaired) electrons. The molecule has 0 heterocycles. The molecule has 0 amide bonds. The average molecular weight is 202 g/mol. The summed E-state index contributed by atoms with van der Waals surface area (Å²) in [5, 5.41) is 0. The van der Waals surface area contributed by atoms with Crippen LogP contribution < -0.4 is 0 Å². The predicted molar refractivity (Wildman–Crippen MR) is 51.4 cm³/mol. The van der Waals surface area contributed by atoms with E-state index in [1.165, 1.54) is 20.8 Å². The van der Waals surface area contributed by atoms with Gasteiger partial charge in [-0.15, -0.1) is 0 Å². The molecule has 0 aromatic rings. The van der Waals surface area contributed by atoms with Crippen LogP contribution >= 0.6 is 0 Å². The van der Waals surface area contributed by atoms with Crippen LogP contribution in [0.2, 0.25) is 0 Å². The zero-order valence-electron chi connectivity index (χ0n) is 9.63. The Labute approximate surface area is 84.6 Å². The molecule has 0 unspecified atom stereocenters. The van der Waals surface area contributed by atoms with Gasteiger partial charge in [0, 0.05) is 20.8 Å². The first-order valence-corrected chi connectivity index (χ1v) is 4.47. The third kappa shape index (κ3) is 4.84. The summed E-state index contributed by atoms with van der Waals surface area (Å²) in [6.07, 6.45) is 0. The number of esters is 2. The summed E-state index contributed by atoms with van der Waals surface area (Å²) in [5.74, 6) is -2.07. The quantitative estimate of drug-likeness (QED) is 0.506. The van der Waals surface area contributed by atoms with E-state index in [0.717, 1.165) is 0 Å². The van der Waals surface area contributed by atoms with Crippen molar-refractivity contribution in [3.05, 3.63) is 0 Å². The van der Waals surface area contributed by atoms with Crippen LogP contribution in [0.15, 0.2) is 0 Å². The van der Waals surface area contributed by atoms with E-state index in [9.17, 15) is 9.59 Å². The number of carbonyl (C=O) groups is 2. The van der Waals surface area contributed by atoms with Crippen LogP contribution in [-0.2, 0) is 19.1 Å². The van der Waals surface area contributed by atoms with Crippen molar-refractivity contribution >= 4 is 11.9 Å². The number of rotatable bonds is 2. The third-order valence-corrected chi connectivity index (χ3v) is 1.34. The molecule has 14 heavy (non-hydrogen) atoms. The molecule has 4 nitrogen and oxygen atoms in total. The number of carbonyl (C=O) groups excluding carboxylic acids is 2. The van der Waals surface area contributed by atoms with Gasteiger partial charge in [-0.3, -0.25) is 9.59 Å². The van der Waals surface area contributed by atoms with E-state index in [1.807, 2.05) is 0 Å². The lowest BCUT2D eigenvalue weighted by molar-refractivity contribution is -0.220. The molecule has 0 aliphatic heterocycles. The van der Waals surface area contributed by atoms with Gasteiger partial charge in [0.25, 0.3) is 5.79 Å². The van der Waals surface area contributed by atoms with Crippen molar-refractivity contribution in [1.29, 1.82) is 0 Å². The Morgan fingerprint density at radius 2 is 1.36 bits per heavy atom. The van der Waals surface area contributed by atoms with Crippen LogP contribution in [0.5, 0.6) is 0 Å². The maximum atomic E-state index is 11.4. The Hall–Kier alpha value is -1.06. The molecule has 0 fully saturated rings. The summed E-state index contributed by atoms with van der Waals surface area (Å²) in [5.41, 5.74) is -0.600. The summed E-state index contributed by atoms with van der Waals surface area (Å²) >= 11 is 0. The first-order chi connectivity index (χ1) is 6.04. The van der Waals surface area contributed by atoms with Crippen molar-refractivity contribution < 1.29 is 19.1 Å². The number of hydrogen-bond donors (Lipinski definition) is 0. The SMILES string of the molecule is CC(=O)OC(C)(C)OC(=O)C(C)(C)C. The van der Waals surface area contributed by atoms with Gasteiger partial charge in [0.15, 0.2) is 0 Å². The van der Waals surface area contributed by atoms with Crippen LogP contribution in [0, 0.1) is 5.41 Å². The summed E-state index contributed by atoms with van der Waals surface area (Å²) < 4.78 is 9.85. The average Bonchev–Trinajstić information content (AvgIpc) is 1.79. The van der Waals surface area contributed by atoms with Crippen molar-refractivity contribution in [1.82, 2.24) is 0 Å². The molecule has 0 saturated carbocycles. The van der Waals surface area contributed by atoms with Gasteiger partial charge in [0.1, 0.15) is 0 Å². The summed E-state index contributed by atoms with van der Waals surface area (Å²) in [4.78, 5) is 22.1. The van der Waals surface area contributed by atoms with E-state index in [-0.39, 0.29) is 0 Å². The minimum Gasteiger partial charge on any atom is -0.423 e. The van der Waals surface area contributed by atoms with Crippen LogP contribution in [0.25, 0.3) is 0 Å². The van der Waals surface area contributed by atoms with E-state index < -0.39 is 23.1 Å². The largest absolute Gasteiger partial charge is 0.423 e. The van der Waals surface area contributed by atoms with Crippen LogP contribution in [0.4, 0.5) is 0 Å². The molecule has 0 atom stereocenters. The van der Waals surface area contributed by atoms with Crippen molar-refractivity contribution in [2.24, 2.45) is 5.41 Å². The summed E-state index contributed by atoms with van der Waals surface area (Å²) in [6, 6.07) is 0. The van der Waals surface area contributed by atoms with Crippen molar-refractivity contribution in [2.75, 3.05) is 0 Å². The van der Waals surface area contributed by atoms with E-state index in [0.29, 0.717) is 0 Å². The topological polar surface area (TPSA) is 52.6 Å². The lowest BCUT2D eigenvalue weighted by atomic mass is 9.97. The standard InChI is InChI=1S/C10H18O4/c1-7(11)13-10(5,6)14-8(12)9(2,3)4/h1-6H3. The Morgan fingerprint density at radius 3 is 1.64 bits per heavy atom. The molecule has 0 aliphatic rings. The van der Waals surface area contributed by atoms with Gasteiger partial charge in [-0.05, 0) is 20.8 Å². The molecule has 4 heteroatoms. The summed E-state index contributed by atoms with van der Waals surface area (Å²) in [7, 11) is 0. The smallest absolute Gasteiger partial charge is 0.314 e. The van der Waals surface area contributed by atoms with Gasteiger partial charge in [0.2, 0.25) is 0 Å². The lowest BCUT2D eigenvalue weighted by Crippen LogP contribution is -2.37. The van der Waals surface area contributed by atoms with Crippen LogP contribution in [0.1, 0.15) is 41.5 Å². The molecule has 0 aromatic carbocycles. The fraction of sp³-hybridized carbons (Fsp3) is 0.800. The Morgan fingerprint density at radius 1 is 0.929 bits per heavy atom. The number of ether oxygens (including phenoxy) is 2. The maximum absolute atomic E-state index is 11.4. The highest BCUT2D eigenvalue weighted by Gasteiger charge is 2.32. The Balaban J connectivity index is 4.37. The molecule has 0 spiro atoms. The molecule has 0 N–H and O–H groups in total. The maximum Gasteiger partial charge on any atom is 0.314 e. The highest BCUT2D eigenvalue weighted by Crippen LogP contribution is 2.21. The summed E-state index contributed by atoms with van der Waals surface area (Å²) in [6.45, 7) is 9.53. The first-order valence-electron chi connectivity index (χ1n) is 4.47. The predicted octanol–water partition coefficient (Wildman–Crippen LogP) is 1.87. The van der Waals surface area contributed by atoms with Crippen molar-refractivity contribution in [3.8, 4) is 0 Å². The zero-order chi connectivity index (χ0) is 11.6. The monoisotopic (exact) mass is 202 g/mol. The van der Waals surface area contributed by atoms with Gasteiger partial charge in [-0.2, -0.15) is 0 Å². The molecule has 0 bridgehead atoms.